The standard InChI is InChI=1S/C51H33N5/c1-3-43-44(4-2)54-50(49(53-43)37-29-27-35(28-30-37)34-25-23-33(32-52)24-26-34)48-41-21-13-11-19-39(41)47(40-20-12-14-22-42(40)48)46-31-45(36-15-7-5-8-16-36)55-51(56-46)38-17-9-6-10-18-38/h3-31H,1-2H2. The first-order chi connectivity index (χ1) is 27.6. The van der Waals surface area contributed by atoms with Crippen molar-refractivity contribution in [3.8, 4) is 73.6 Å². The monoisotopic (exact) mass is 715 g/mol. The third-order valence-electron chi connectivity index (χ3n) is 10.1. The predicted octanol–water partition coefficient (Wildman–Crippen LogP) is 12.7. The molecule has 0 bridgehead atoms. The lowest BCUT2D eigenvalue weighted by atomic mass is 9.87. The summed E-state index contributed by atoms with van der Waals surface area (Å²) in [4.78, 5) is 20.9. The van der Waals surface area contributed by atoms with Gasteiger partial charge in [0, 0.05) is 27.8 Å². The normalized spacial score (nSPS) is 11.0. The van der Waals surface area contributed by atoms with Gasteiger partial charge in [0.15, 0.2) is 5.82 Å². The molecule has 0 atom stereocenters. The van der Waals surface area contributed by atoms with Crippen LogP contribution in [0, 0.1) is 11.3 Å². The van der Waals surface area contributed by atoms with Crippen LogP contribution in [0.25, 0.3) is 101 Å². The first-order valence-electron chi connectivity index (χ1n) is 18.4. The molecule has 56 heavy (non-hydrogen) atoms. The van der Waals surface area contributed by atoms with Crippen LogP contribution in [0.5, 0.6) is 0 Å². The van der Waals surface area contributed by atoms with E-state index in [2.05, 4.69) is 122 Å². The molecule has 0 radical (unpaired) electrons. The molecule has 5 nitrogen and oxygen atoms in total. The Kier molecular flexibility index (Phi) is 8.83. The van der Waals surface area contributed by atoms with Gasteiger partial charge in [-0.3, -0.25) is 0 Å². The molecule has 0 unspecified atom stereocenters. The maximum Gasteiger partial charge on any atom is 0.160 e. The van der Waals surface area contributed by atoms with Crippen LogP contribution in [0.3, 0.4) is 0 Å². The molecule has 0 amide bonds. The summed E-state index contributed by atoms with van der Waals surface area (Å²) < 4.78 is 0. The molecule has 262 valence electrons. The summed E-state index contributed by atoms with van der Waals surface area (Å²) in [5.74, 6) is 0.660. The van der Waals surface area contributed by atoms with Gasteiger partial charge in [0.05, 0.1) is 45.8 Å². The van der Waals surface area contributed by atoms with Crippen molar-refractivity contribution in [3.05, 3.63) is 194 Å². The highest BCUT2D eigenvalue weighted by Crippen LogP contribution is 2.46. The van der Waals surface area contributed by atoms with Gasteiger partial charge in [-0.05, 0) is 63.0 Å². The van der Waals surface area contributed by atoms with E-state index in [-0.39, 0.29) is 0 Å². The van der Waals surface area contributed by atoms with Crippen LogP contribution in [0.15, 0.2) is 177 Å². The van der Waals surface area contributed by atoms with Crippen molar-refractivity contribution in [2.45, 2.75) is 0 Å². The minimum atomic E-state index is 0.628. The molecular formula is C51H33N5. The highest BCUT2D eigenvalue weighted by atomic mass is 14.9. The summed E-state index contributed by atoms with van der Waals surface area (Å²) in [5.41, 5.74) is 12.0. The van der Waals surface area contributed by atoms with E-state index in [9.17, 15) is 5.26 Å². The zero-order valence-electron chi connectivity index (χ0n) is 30.4. The number of benzene rings is 7. The average molecular weight is 716 g/mol. The van der Waals surface area contributed by atoms with E-state index in [0.29, 0.717) is 22.8 Å². The van der Waals surface area contributed by atoms with E-state index in [1.54, 1.807) is 12.2 Å². The lowest BCUT2D eigenvalue weighted by molar-refractivity contribution is 1.17. The van der Waals surface area contributed by atoms with Gasteiger partial charge in [-0.15, -0.1) is 0 Å². The molecule has 2 heterocycles. The highest BCUT2D eigenvalue weighted by molar-refractivity contribution is 6.21. The third-order valence-corrected chi connectivity index (χ3v) is 10.1. The van der Waals surface area contributed by atoms with E-state index in [1.165, 1.54) is 0 Å². The highest BCUT2D eigenvalue weighted by Gasteiger charge is 2.23. The second kappa shape index (κ2) is 14.5. The van der Waals surface area contributed by atoms with E-state index in [1.807, 2.05) is 60.7 Å². The molecule has 0 saturated carbocycles. The number of aromatic nitrogens is 4. The predicted molar refractivity (Wildman–Crippen MR) is 230 cm³/mol. The van der Waals surface area contributed by atoms with Crippen molar-refractivity contribution in [2.24, 2.45) is 0 Å². The number of nitriles is 1. The van der Waals surface area contributed by atoms with E-state index in [4.69, 9.17) is 19.9 Å². The number of rotatable bonds is 8. The second-order valence-corrected chi connectivity index (χ2v) is 13.4. The van der Waals surface area contributed by atoms with Gasteiger partial charge < -0.3 is 0 Å². The van der Waals surface area contributed by atoms with Crippen molar-refractivity contribution in [1.29, 1.82) is 5.26 Å². The lowest BCUT2D eigenvalue weighted by Crippen LogP contribution is -2.02. The van der Waals surface area contributed by atoms with Crippen LogP contribution in [0.4, 0.5) is 0 Å². The van der Waals surface area contributed by atoms with E-state index >= 15 is 0 Å². The fraction of sp³-hybridized carbons (Fsp3) is 0. The summed E-state index contributed by atoms with van der Waals surface area (Å²) in [6.45, 7) is 8.16. The van der Waals surface area contributed by atoms with Gasteiger partial charge in [0.1, 0.15) is 0 Å². The fourth-order valence-corrected chi connectivity index (χ4v) is 7.40. The largest absolute Gasteiger partial charge is 0.244 e. The Morgan fingerprint density at radius 3 is 1.39 bits per heavy atom. The molecule has 9 aromatic rings. The Bertz CT molecular complexity index is 2870. The molecule has 0 aliphatic heterocycles. The van der Waals surface area contributed by atoms with Gasteiger partial charge in [-0.25, -0.2) is 19.9 Å². The molecule has 7 aromatic carbocycles. The van der Waals surface area contributed by atoms with Gasteiger partial charge in [0.2, 0.25) is 0 Å². The summed E-state index contributed by atoms with van der Waals surface area (Å²) in [7, 11) is 0. The minimum absolute atomic E-state index is 0.628. The first kappa shape index (κ1) is 34.0. The second-order valence-electron chi connectivity index (χ2n) is 13.4. The van der Waals surface area contributed by atoms with Crippen molar-refractivity contribution >= 4 is 33.7 Å². The van der Waals surface area contributed by atoms with Gasteiger partial charge in [-0.2, -0.15) is 5.26 Å². The average Bonchev–Trinajstić information content (AvgIpc) is 3.28. The van der Waals surface area contributed by atoms with E-state index in [0.717, 1.165) is 83.3 Å². The molecule has 0 fully saturated rings. The Morgan fingerprint density at radius 1 is 0.411 bits per heavy atom. The molecule has 0 saturated heterocycles. The Balaban J connectivity index is 1.31. The molecule has 0 aliphatic carbocycles. The summed E-state index contributed by atoms with van der Waals surface area (Å²) in [6.07, 6.45) is 3.46. The number of hydrogen-bond acceptors (Lipinski definition) is 5. The topological polar surface area (TPSA) is 75.3 Å². The summed E-state index contributed by atoms with van der Waals surface area (Å²) >= 11 is 0. The molecule has 2 aromatic heterocycles. The zero-order valence-corrected chi connectivity index (χ0v) is 30.4. The molecule has 0 N–H and O–H groups in total. The molecule has 5 heteroatoms. The SMILES string of the molecule is C=Cc1nc(-c2ccc(-c3ccc(C#N)cc3)cc2)c(-c2c3ccccc3c(-c3cc(-c4ccccc4)nc(-c4ccccc4)n3)c3ccccc23)nc1C=C. The number of fused-ring (bicyclic) bond motifs is 2. The van der Waals surface area contributed by atoms with Crippen LogP contribution >= 0.6 is 0 Å². The molecule has 0 aliphatic rings. The smallest absolute Gasteiger partial charge is 0.160 e. The Morgan fingerprint density at radius 2 is 0.857 bits per heavy atom. The first-order valence-corrected chi connectivity index (χ1v) is 18.4. The maximum absolute atomic E-state index is 9.29. The lowest BCUT2D eigenvalue weighted by Gasteiger charge is -2.20. The van der Waals surface area contributed by atoms with Crippen molar-refractivity contribution in [1.82, 2.24) is 19.9 Å². The van der Waals surface area contributed by atoms with Crippen LogP contribution in [0.1, 0.15) is 17.0 Å². The minimum Gasteiger partial charge on any atom is -0.244 e. The fourth-order valence-electron chi connectivity index (χ4n) is 7.40. The van der Waals surface area contributed by atoms with Gasteiger partial charge in [-0.1, -0.05) is 159 Å². The molecular weight excluding hydrogens is 683 g/mol. The van der Waals surface area contributed by atoms with Crippen LogP contribution in [-0.4, -0.2) is 19.9 Å². The van der Waals surface area contributed by atoms with Gasteiger partial charge >= 0.3 is 0 Å². The van der Waals surface area contributed by atoms with Crippen molar-refractivity contribution < 1.29 is 0 Å². The quantitative estimate of drug-likeness (QED) is 0.146. The molecule has 9 rings (SSSR count). The summed E-state index contributed by atoms with van der Waals surface area (Å²) in [6, 6.07) is 57.6. The Hall–Kier alpha value is -7.81. The van der Waals surface area contributed by atoms with Crippen molar-refractivity contribution in [3.63, 3.8) is 0 Å². The number of nitrogens with zero attached hydrogens (tertiary/aromatic N) is 5. The third kappa shape index (κ3) is 6.12. The zero-order chi connectivity index (χ0) is 38.0. The Labute approximate surface area is 325 Å². The number of hydrogen-bond donors (Lipinski definition) is 0. The van der Waals surface area contributed by atoms with Crippen LogP contribution in [0.2, 0.25) is 0 Å². The van der Waals surface area contributed by atoms with Crippen molar-refractivity contribution in [2.75, 3.05) is 0 Å². The van der Waals surface area contributed by atoms with Crippen LogP contribution in [-0.2, 0) is 0 Å². The van der Waals surface area contributed by atoms with Gasteiger partial charge in [0.25, 0.3) is 0 Å². The molecule has 0 spiro atoms. The van der Waals surface area contributed by atoms with E-state index < -0.39 is 0 Å². The summed E-state index contributed by atoms with van der Waals surface area (Å²) in [5, 5.41) is 13.4. The van der Waals surface area contributed by atoms with Crippen LogP contribution < -0.4 is 0 Å². The maximum atomic E-state index is 9.29.